The van der Waals surface area contributed by atoms with E-state index in [-0.39, 0.29) is 75.9 Å². The second kappa shape index (κ2) is 63.8. The molecule has 0 aromatic heterocycles. The number of ether oxygens (including phenoxy) is 1. The Hall–Kier alpha value is -5.22. The maximum absolute atomic E-state index is 12.1. The number of anilines is 7. The number of nitrogens with two attached hydrogens (primary N) is 1. The zero-order valence-electron chi connectivity index (χ0n) is 97.4. The van der Waals surface area contributed by atoms with Gasteiger partial charge in [-0.1, -0.05) is 286 Å². The predicted octanol–water partition coefficient (Wildman–Crippen LogP) is 22.4. The maximum Gasteiger partial charge on any atom is 0.220 e. The molecule has 0 spiro atoms. The maximum atomic E-state index is 12.1. The number of hydrogen-bond acceptors (Lipinski definition) is 29. The third-order valence-corrected chi connectivity index (χ3v) is 29.0. The van der Waals surface area contributed by atoms with Crippen LogP contribution in [0, 0.1) is 31.6 Å². The van der Waals surface area contributed by atoms with Crippen molar-refractivity contribution in [2.24, 2.45) is 5.73 Å². The molecule has 0 saturated carbocycles. The van der Waals surface area contributed by atoms with Crippen LogP contribution in [0.5, 0.6) is 0 Å². The van der Waals surface area contributed by atoms with Crippen molar-refractivity contribution >= 4 is 125 Å². The molecule has 7 aromatic rings. The lowest BCUT2D eigenvalue weighted by molar-refractivity contribution is 0.151. The molecule has 0 unspecified atom stereocenters. The van der Waals surface area contributed by atoms with Crippen molar-refractivity contribution in [3.63, 3.8) is 0 Å². The zero-order chi connectivity index (χ0) is 110. The van der Waals surface area contributed by atoms with Gasteiger partial charge in [-0.3, -0.25) is 33.6 Å². The van der Waals surface area contributed by atoms with Crippen LogP contribution in [0.15, 0.2) is 33.6 Å². The first kappa shape index (κ1) is 136. The molecule has 0 aliphatic heterocycles. The van der Waals surface area contributed by atoms with Crippen molar-refractivity contribution in [3.8, 4) is 0 Å². The first-order valence-electron chi connectivity index (χ1n) is 53.5. The van der Waals surface area contributed by atoms with E-state index in [1.807, 2.05) is 63.1 Å². The molecule has 0 amide bonds. The van der Waals surface area contributed by atoms with E-state index in [9.17, 15) is 33.6 Å². The monoisotopic (exact) mass is 2120 g/mol. The van der Waals surface area contributed by atoms with E-state index in [0.717, 1.165) is 242 Å². The molecule has 0 aliphatic carbocycles. The predicted molar refractivity (Wildman–Crippen MR) is 642 cm³/mol. The Morgan fingerprint density at radius 3 is 0.692 bits per heavy atom. The Balaban J connectivity index is 0.000000835. The molecule has 143 heavy (non-hydrogen) atoms. The van der Waals surface area contributed by atoms with Gasteiger partial charge in [-0.15, -0.1) is 0 Å². The highest BCUT2D eigenvalue weighted by Gasteiger charge is 2.37. The highest BCUT2D eigenvalue weighted by molar-refractivity contribution is 7.72. The Morgan fingerprint density at radius 2 is 0.462 bits per heavy atom. The van der Waals surface area contributed by atoms with E-state index in [0.29, 0.717) is 63.6 Å². The molecule has 3 N–H and O–H groups in total. The van der Waals surface area contributed by atoms with Gasteiger partial charge in [0.05, 0.1) is 84.6 Å². The van der Waals surface area contributed by atoms with Gasteiger partial charge in [0, 0.05) is 134 Å². The standard InChI is InChI=1S/C19H34N2OS.C18H32N2OS.2C17H30N2OS.C16H28N2OS.C15H26N2OS.C12H20N2O2S/c1-7-11-21(12-8-2)14-10-9-13-20(6)16-15(19(3,4)5)18(23)17(16)22;1-7-11-20(8-2)13-10-9-12-19(6)15-14(18(3,4)5)17(22)16(15)21;1-7-10-18(5)11-8-9-12-19(6)14-13(17(2,3)4)16(21)15(14)20;1-7-19(8-2)12-10-9-11-18(6)14-13(17(3,4)5)16(21)15(14)20;1-7-17(5)10-8-9-11-18(6)13-12(16(2,3)4)15(20)14(13)19;1-15(2,3)11-12(13(18)14(11)19)17(6)10-8-7-9-16(4)5;1-12(2,3)8-9(10(15)11(8)17)14-5-7-16-6-4-13/h7-14H2,1-6H3;7-13H2,1-6H3;2*7-12H2,1-6H3;7-11H2,1-6H3;7-10H2,1-6H3;14H,4-7,13H2,1-3H3. The normalized spacial score (nSPS) is 12.3. The molecular weight excluding hydrogens is 1920 g/mol. The molecule has 0 saturated heterocycles. The Bertz CT molecular complexity index is 5440. The van der Waals surface area contributed by atoms with Crippen LogP contribution < -0.4 is 78.5 Å². The van der Waals surface area contributed by atoms with Crippen LogP contribution in [-0.2, 0) is 42.6 Å². The molecule has 0 atom stereocenters. The summed E-state index contributed by atoms with van der Waals surface area (Å²) in [6.07, 6.45) is 18.5. The van der Waals surface area contributed by atoms with Crippen LogP contribution in [0.25, 0.3) is 0 Å². The van der Waals surface area contributed by atoms with Crippen molar-refractivity contribution in [1.82, 2.24) is 29.4 Å². The summed E-state index contributed by atoms with van der Waals surface area (Å²) in [5.41, 5.74) is 18.3. The van der Waals surface area contributed by atoms with E-state index in [1.54, 1.807) is 0 Å². The van der Waals surface area contributed by atoms with Crippen LogP contribution >= 0.6 is 85.5 Å². The van der Waals surface area contributed by atoms with Crippen LogP contribution in [0.4, 0.5) is 39.8 Å². The third-order valence-electron chi connectivity index (χ3n) is 26.2. The second-order valence-corrected chi connectivity index (χ2v) is 49.7. The van der Waals surface area contributed by atoms with Crippen molar-refractivity contribution in [2.45, 2.75) is 341 Å². The van der Waals surface area contributed by atoms with E-state index in [1.165, 1.54) is 64.6 Å². The summed E-state index contributed by atoms with van der Waals surface area (Å²) < 4.78 is 8.90. The molecule has 816 valence electrons. The Kier molecular flexibility index (Phi) is 60.6. The number of rotatable bonds is 54. The van der Waals surface area contributed by atoms with Gasteiger partial charge in [0.2, 0.25) is 38.0 Å². The van der Waals surface area contributed by atoms with Gasteiger partial charge >= 0.3 is 0 Å². The van der Waals surface area contributed by atoms with Crippen LogP contribution in [0.3, 0.4) is 0 Å². The molecule has 0 aliphatic rings. The van der Waals surface area contributed by atoms with Gasteiger partial charge in [0.1, 0.15) is 0 Å². The second-order valence-electron chi connectivity index (χ2n) is 46.9. The van der Waals surface area contributed by atoms with Gasteiger partial charge in [0.15, 0.2) is 0 Å². The van der Waals surface area contributed by atoms with Crippen molar-refractivity contribution in [3.05, 3.63) is 142 Å². The molecule has 7 rings (SSSR count). The molecule has 22 nitrogen and oxygen atoms in total. The zero-order valence-corrected chi connectivity index (χ0v) is 103. The molecule has 0 radical (unpaired) electrons. The van der Waals surface area contributed by atoms with Gasteiger partial charge in [-0.2, -0.15) is 0 Å². The fourth-order valence-corrected chi connectivity index (χ4v) is 21.7. The topological polar surface area (TPSA) is 206 Å². The van der Waals surface area contributed by atoms with Gasteiger partial charge in [-0.25, -0.2) is 0 Å². The van der Waals surface area contributed by atoms with Crippen LogP contribution in [-0.4, -0.2) is 257 Å². The van der Waals surface area contributed by atoms with Gasteiger partial charge in [-0.05, 0) is 260 Å². The highest BCUT2D eigenvalue weighted by atomic mass is 32.1. The summed E-state index contributed by atoms with van der Waals surface area (Å²) in [7, 11) is 20.5. The fourth-order valence-electron chi connectivity index (χ4n) is 18.2. The Labute approximate surface area is 904 Å². The number of nitrogens with zero attached hydrogens (tertiary/aromatic N) is 12. The van der Waals surface area contributed by atoms with Crippen molar-refractivity contribution in [2.75, 3.05) is 262 Å². The van der Waals surface area contributed by atoms with Crippen LogP contribution in [0.1, 0.15) is 342 Å². The summed E-state index contributed by atoms with van der Waals surface area (Å²) in [6.45, 7) is 85.6. The van der Waals surface area contributed by atoms with Gasteiger partial charge in [0.25, 0.3) is 0 Å². The number of unbranched alkanes of at least 4 members (excludes halogenated alkanes) is 6. The van der Waals surface area contributed by atoms with Crippen molar-refractivity contribution in [1.29, 1.82) is 0 Å². The molecule has 7 aromatic carbocycles. The van der Waals surface area contributed by atoms with E-state index >= 15 is 0 Å². The summed E-state index contributed by atoms with van der Waals surface area (Å²) in [4.78, 5) is 111. The molecule has 0 bridgehead atoms. The number of nitrogens with one attached hydrogen (secondary N) is 1. The minimum atomic E-state index is -0.0918. The van der Waals surface area contributed by atoms with Crippen LogP contribution in [0.2, 0.25) is 0 Å². The average molecular weight is 2120 g/mol. The van der Waals surface area contributed by atoms with Gasteiger partial charge < -0.3 is 74.6 Å². The van der Waals surface area contributed by atoms with E-state index in [4.69, 9.17) is 96.0 Å². The fraction of sp³-hybridized carbons (Fsp3) is 0.754. The molecular formula is C114H200N14O8S7. The quantitative estimate of drug-likeness (QED) is 0.0269. The first-order chi connectivity index (χ1) is 66.1. The third kappa shape index (κ3) is 42.5. The summed E-state index contributed by atoms with van der Waals surface area (Å²) in [5.74, 6) is 0. The number of hydrogen-bond donors (Lipinski definition) is 2. The molecule has 0 fully saturated rings. The molecule has 0 heterocycles. The lowest BCUT2D eigenvalue weighted by Gasteiger charge is -2.31. The van der Waals surface area contributed by atoms with Crippen molar-refractivity contribution < 1.29 is 4.74 Å². The summed E-state index contributed by atoms with van der Waals surface area (Å²) >= 11 is 36.5. The van der Waals surface area contributed by atoms with E-state index < -0.39 is 0 Å². The SMILES string of the molecule is CC(C)(C)c1c(NCCOCCN)c(=O)c1=S.CCCN(C)CCCCN(C)c1c(C(C)(C)C)c(=S)c1=O.CCCN(CC)CCCCN(C)c1c(C(C)(C)C)c(=S)c1=O.CCCN(CCC)CCCCN(C)c1c(C(C)(C)C)c(=S)c1=O.CCN(C)CCCCN(C)c1c(C(C)(C)C)c(=S)c1=O.CCN(CC)CCCCN(C)c1c(C(C)(C)C)c(=S)c1=O.CN(C)CCCCN(C)c1c(C(C)(C)C)c(=S)c1=O. The lowest BCUT2D eigenvalue weighted by Crippen LogP contribution is -2.35. The molecule has 29 heteroatoms. The lowest BCUT2D eigenvalue weighted by atomic mass is 9.82. The average Bonchev–Trinajstić information content (AvgIpc) is 0.757. The minimum absolute atomic E-state index is 0.0434. The first-order valence-corrected chi connectivity index (χ1v) is 56.3. The summed E-state index contributed by atoms with van der Waals surface area (Å²) in [5, 5.41) is 3.09. The Morgan fingerprint density at radius 1 is 0.245 bits per heavy atom. The minimum Gasteiger partial charge on any atom is -0.379 e. The largest absolute Gasteiger partial charge is 0.379 e. The summed E-state index contributed by atoms with van der Waals surface area (Å²) in [6, 6.07) is 0. The smallest absolute Gasteiger partial charge is 0.220 e. The highest BCUT2D eigenvalue weighted by Crippen LogP contribution is 2.40. The van der Waals surface area contributed by atoms with E-state index in [2.05, 4.69) is 272 Å².